The van der Waals surface area contributed by atoms with E-state index >= 15 is 0 Å². The molecule has 1 nitrogen and oxygen atoms in total. The summed E-state index contributed by atoms with van der Waals surface area (Å²) in [5.41, 5.74) is 2.04. The second-order valence-electron chi connectivity index (χ2n) is 4.98. The number of rotatable bonds is 6. The zero-order valence-electron chi connectivity index (χ0n) is 9.93. The lowest BCUT2D eigenvalue weighted by molar-refractivity contribution is 0.455. The Balaban J connectivity index is 1.86. The Morgan fingerprint density at radius 1 is 1.25 bits per heavy atom. The highest BCUT2D eigenvalue weighted by Crippen LogP contribution is 2.47. The van der Waals surface area contributed by atoms with Crippen LogP contribution in [-0.4, -0.2) is 13.1 Å². The van der Waals surface area contributed by atoms with Crippen LogP contribution in [0, 0.1) is 5.41 Å². The molecule has 0 radical (unpaired) electrons. The molecule has 1 aromatic rings. The van der Waals surface area contributed by atoms with Gasteiger partial charge in [-0.3, -0.25) is 0 Å². The van der Waals surface area contributed by atoms with Gasteiger partial charge in [0.25, 0.3) is 0 Å². The van der Waals surface area contributed by atoms with Gasteiger partial charge in [0, 0.05) is 11.0 Å². The number of nitrogens with one attached hydrogen (secondary N) is 1. The molecular weight excluding hydrogens is 262 g/mol. The molecule has 0 saturated heterocycles. The van der Waals surface area contributed by atoms with Crippen LogP contribution in [0.15, 0.2) is 28.7 Å². The van der Waals surface area contributed by atoms with E-state index in [1.165, 1.54) is 42.3 Å². The summed E-state index contributed by atoms with van der Waals surface area (Å²) in [6, 6.07) is 8.77. The second-order valence-corrected chi connectivity index (χ2v) is 5.90. The molecular formula is C14H20BrN. The predicted octanol–water partition coefficient (Wildman–Crippen LogP) is 3.77. The molecule has 2 rings (SSSR count). The standard InChI is InChI=1S/C14H20BrN/c1-2-9-16-11-14(7-8-14)10-12-3-5-13(15)6-4-12/h3-6,16H,2,7-11H2,1H3. The summed E-state index contributed by atoms with van der Waals surface area (Å²) in [6.07, 6.45) is 5.24. The highest BCUT2D eigenvalue weighted by atomic mass is 79.9. The molecule has 88 valence electrons. The van der Waals surface area contributed by atoms with Crippen LogP contribution in [0.3, 0.4) is 0 Å². The summed E-state index contributed by atoms with van der Waals surface area (Å²) in [5.74, 6) is 0. The minimum Gasteiger partial charge on any atom is -0.316 e. The molecule has 0 unspecified atom stereocenters. The summed E-state index contributed by atoms with van der Waals surface area (Å²) in [6.45, 7) is 4.57. The normalized spacial score (nSPS) is 17.4. The third kappa shape index (κ3) is 3.33. The average molecular weight is 282 g/mol. The van der Waals surface area contributed by atoms with Crippen molar-refractivity contribution in [2.75, 3.05) is 13.1 Å². The van der Waals surface area contributed by atoms with Gasteiger partial charge in [-0.1, -0.05) is 35.0 Å². The molecule has 0 heterocycles. The number of halogens is 1. The fourth-order valence-corrected chi connectivity index (χ4v) is 2.42. The van der Waals surface area contributed by atoms with E-state index in [-0.39, 0.29) is 0 Å². The maximum atomic E-state index is 3.56. The Morgan fingerprint density at radius 3 is 2.50 bits per heavy atom. The third-order valence-electron chi connectivity index (χ3n) is 3.38. The second kappa shape index (κ2) is 5.33. The highest BCUT2D eigenvalue weighted by Gasteiger charge is 2.41. The fourth-order valence-electron chi connectivity index (χ4n) is 2.16. The summed E-state index contributed by atoms with van der Waals surface area (Å²) in [5, 5.41) is 3.56. The van der Waals surface area contributed by atoms with E-state index in [1.807, 2.05) is 0 Å². The van der Waals surface area contributed by atoms with E-state index in [9.17, 15) is 0 Å². The van der Waals surface area contributed by atoms with Gasteiger partial charge in [0.2, 0.25) is 0 Å². The number of benzene rings is 1. The van der Waals surface area contributed by atoms with Crippen LogP contribution in [0.25, 0.3) is 0 Å². The summed E-state index contributed by atoms with van der Waals surface area (Å²) < 4.78 is 1.17. The van der Waals surface area contributed by atoms with Crippen molar-refractivity contribution in [2.45, 2.75) is 32.6 Å². The van der Waals surface area contributed by atoms with Crippen LogP contribution < -0.4 is 5.32 Å². The molecule has 0 aromatic heterocycles. The maximum Gasteiger partial charge on any atom is 0.0175 e. The number of hydrogen-bond donors (Lipinski definition) is 1. The Kier molecular flexibility index (Phi) is 4.04. The molecule has 0 atom stereocenters. The van der Waals surface area contributed by atoms with Crippen molar-refractivity contribution in [3.05, 3.63) is 34.3 Å². The summed E-state index contributed by atoms with van der Waals surface area (Å²) >= 11 is 3.48. The van der Waals surface area contributed by atoms with E-state index in [4.69, 9.17) is 0 Å². The van der Waals surface area contributed by atoms with Gasteiger partial charge in [-0.05, 0) is 55.3 Å². The summed E-state index contributed by atoms with van der Waals surface area (Å²) in [7, 11) is 0. The zero-order chi connectivity index (χ0) is 11.4. The van der Waals surface area contributed by atoms with Crippen molar-refractivity contribution in [1.82, 2.24) is 5.32 Å². The first-order valence-electron chi connectivity index (χ1n) is 6.19. The lowest BCUT2D eigenvalue weighted by Crippen LogP contribution is -2.26. The van der Waals surface area contributed by atoms with Gasteiger partial charge in [0.15, 0.2) is 0 Å². The minimum atomic E-state index is 0.572. The first kappa shape index (κ1) is 12.1. The first-order chi connectivity index (χ1) is 7.74. The Morgan fingerprint density at radius 2 is 1.94 bits per heavy atom. The molecule has 1 aliphatic rings. The summed E-state index contributed by atoms with van der Waals surface area (Å²) in [4.78, 5) is 0. The minimum absolute atomic E-state index is 0.572. The lowest BCUT2D eigenvalue weighted by Gasteiger charge is -2.15. The van der Waals surface area contributed by atoms with E-state index < -0.39 is 0 Å². The Bertz CT molecular complexity index is 327. The van der Waals surface area contributed by atoms with Crippen molar-refractivity contribution >= 4 is 15.9 Å². The first-order valence-corrected chi connectivity index (χ1v) is 6.99. The van der Waals surface area contributed by atoms with Crippen LogP contribution in [0.1, 0.15) is 31.7 Å². The van der Waals surface area contributed by atoms with Crippen LogP contribution in [-0.2, 0) is 6.42 Å². The topological polar surface area (TPSA) is 12.0 Å². The molecule has 0 spiro atoms. The molecule has 0 aliphatic heterocycles. The van der Waals surface area contributed by atoms with Crippen LogP contribution in [0.4, 0.5) is 0 Å². The smallest absolute Gasteiger partial charge is 0.0175 e. The van der Waals surface area contributed by atoms with Crippen molar-refractivity contribution in [1.29, 1.82) is 0 Å². The fraction of sp³-hybridized carbons (Fsp3) is 0.571. The van der Waals surface area contributed by atoms with Crippen molar-refractivity contribution in [3.63, 3.8) is 0 Å². The monoisotopic (exact) mass is 281 g/mol. The molecule has 0 bridgehead atoms. The number of hydrogen-bond acceptors (Lipinski definition) is 1. The van der Waals surface area contributed by atoms with Crippen molar-refractivity contribution in [2.24, 2.45) is 5.41 Å². The lowest BCUT2D eigenvalue weighted by atomic mass is 9.96. The van der Waals surface area contributed by atoms with Crippen LogP contribution in [0.5, 0.6) is 0 Å². The molecule has 1 aliphatic carbocycles. The Hall–Kier alpha value is -0.340. The van der Waals surface area contributed by atoms with E-state index in [0.717, 1.165) is 6.54 Å². The molecule has 0 amide bonds. The quantitative estimate of drug-likeness (QED) is 0.783. The molecule has 1 N–H and O–H groups in total. The highest BCUT2D eigenvalue weighted by molar-refractivity contribution is 9.10. The van der Waals surface area contributed by atoms with Gasteiger partial charge >= 0.3 is 0 Å². The molecule has 1 saturated carbocycles. The molecule has 1 aromatic carbocycles. The van der Waals surface area contributed by atoms with Gasteiger partial charge in [-0.2, -0.15) is 0 Å². The molecule has 2 heteroatoms. The predicted molar refractivity (Wildman–Crippen MR) is 72.7 cm³/mol. The van der Waals surface area contributed by atoms with Crippen LogP contribution in [0.2, 0.25) is 0 Å². The third-order valence-corrected chi connectivity index (χ3v) is 3.90. The van der Waals surface area contributed by atoms with Crippen LogP contribution >= 0.6 is 15.9 Å². The zero-order valence-corrected chi connectivity index (χ0v) is 11.5. The van der Waals surface area contributed by atoms with Gasteiger partial charge in [0.05, 0.1) is 0 Å². The van der Waals surface area contributed by atoms with Crippen molar-refractivity contribution < 1.29 is 0 Å². The van der Waals surface area contributed by atoms with Gasteiger partial charge in [-0.25, -0.2) is 0 Å². The van der Waals surface area contributed by atoms with Gasteiger partial charge in [-0.15, -0.1) is 0 Å². The average Bonchev–Trinajstić information content (AvgIpc) is 3.03. The van der Waals surface area contributed by atoms with Gasteiger partial charge < -0.3 is 5.32 Å². The van der Waals surface area contributed by atoms with Crippen molar-refractivity contribution in [3.8, 4) is 0 Å². The molecule has 1 fully saturated rings. The maximum absolute atomic E-state index is 3.56. The largest absolute Gasteiger partial charge is 0.316 e. The Labute approximate surface area is 107 Å². The SMILES string of the molecule is CCCNCC1(Cc2ccc(Br)cc2)CC1. The molecule has 16 heavy (non-hydrogen) atoms. The van der Waals surface area contributed by atoms with Gasteiger partial charge in [0.1, 0.15) is 0 Å². The van der Waals surface area contributed by atoms with E-state index in [1.54, 1.807) is 0 Å². The van der Waals surface area contributed by atoms with E-state index in [2.05, 4.69) is 52.4 Å². The van der Waals surface area contributed by atoms with E-state index in [0.29, 0.717) is 5.41 Å².